The Labute approximate surface area is 183 Å². The topological polar surface area (TPSA) is 71.7 Å². The molecular formula is C22H31N6O3+. The molecule has 2 fully saturated rings. The van der Waals surface area contributed by atoms with Crippen LogP contribution in [0.5, 0.6) is 5.75 Å². The van der Waals surface area contributed by atoms with Crippen LogP contribution in [0.15, 0.2) is 29.3 Å². The fraction of sp³-hybridized carbons (Fsp3) is 0.545. The summed E-state index contributed by atoms with van der Waals surface area (Å²) in [6, 6.07) is 7.34. The van der Waals surface area contributed by atoms with Gasteiger partial charge in [0.25, 0.3) is 17.8 Å². The molecule has 3 aliphatic rings. The summed E-state index contributed by atoms with van der Waals surface area (Å²) in [7, 11) is 4.91. The van der Waals surface area contributed by atoms with Crippen LogP contribution in [0.25, 0.3) is 0 Å². The zero-order valence-corrected chi connectivity index (χ0v) is 18.7. The number of benzene rings is 1. The van der Waals surface area contributed by atoms with Crippen LogP contribution in [0, 0.1) is 0 Å². The Morgan fingerprint density at radius 2 is 1.74 bits per heavy atom. The van der Waals surface area contributed by atoms with Gasteiger partial charge in [-0.25, -0.2) is 9.37 Å². The summed E-state index contributed by atoms with van der Waals surface area (Å²) in [5.74, 6) is 2.09. The molecule has 3 amide bonds. The number of hydrogen-bond acceptors (Lipinski definition) is 6. The summed E-state index contributed by atoms with van der Waals surface area (Å²) < 4.78 is 7.32. The van der Waals surface area contributed by atoms with Crippen molar-refractivity contribution >= 4 is 29.3 Å². The molecule has 3 heterocycles. The van der Waals surface area contributed by atoms with Gasteiger partial charge < -0.3 is 9.64 Å². The van der Waals surface area contributed by atoms with Gasteiger partial charge in [0.1, 0.15) is 12.3 Å². The highest BCUT2D eigenvalue weighted by atomic mass is 16.5. The maximum Gasteiger partial charge on any atom is 0.333 e. The second-order valence-electron chi connectivity index (χ2n) is 8.18. The number of methoxy groups -OCH3 is 1. The zero-order valence-electron chi connectivity index (χ0n) is 18.7. The molecule has 9 heteroatoms. The van der Waals surface area contributed by atoms with E-state index < -0.39 is 6.04 Å². The molecule has 1 atom stereocenters. The lowest BCUT2D eigenvalue weighted by Crippen LogP contribution is -2.61. The number of rotatable bonds is 6. The van der Waals surface area contributed by atoms with Gasteiger partial charge in [-0.3, -0.25) is 19.5 Å². The van der Waals surface area contributed by atoms with Crippen molar-refractivity contribution in [2.24, 2.45) is 4.99 Å². The van der Waals surface area contributed by atoms with E-state index in [1.165, 1.54) is 15.5 Å². The lowest BCUT2D eigenvalue weighted by Gasteiger charge is -2.35. The van der Waals surface area contributed by atoms with Gasteiger partial charge in [-0.1, -0.05) is 6.92 Å². The monoisotopic (exact) mass is 427 g/mol. The van der Waals surface area contributed by atoms with Gasteiger partial charge in [0, 0.05) is 46.0 Å². The van der Waals surface area contributed by atoms with Crippen molar-refractivity contribution < 1.29 is 18.9 Å². The first-order valence-corrected chi connectivity index (χ1v) is 10.8. The fourth-order valence-corrected chi connectivity index (χ4v) is 4.43. The van der Waals surface area contributed by atoms with Crippen molar-refractivity contribution in [3.8, 4) is 5.75 Å². The maximum absolute atomic E-state index is 12.8. The minimum Gasteiger partial charge on any atom is -0.497 e. The number of amides is 3. The second-order valence-corrected chi connectivity index (χ2v) is 8.18. The Morgan fingerprint density at radius 1 is 1.06 bits per heavy atom. The number of hydrogen-bond donors (Lipinski definition) is 0. The van der Waals surface area contributed by atoms with Crippen molar-refractivity contribution in [2.75, 3.05) is 65.4 Å². The van der Waals surface area contributed by atoms with Crippen LogP contribution >= 0.6 is 0 Å². The van der Waals surface area contributed by atoms with E-state index in [9.17, 15) is 9.59 Å². The first-order valence-electron chi connectivity index (χ1n) is 10.8. The Morgan fingerprint density at radius 3 is 2.35 bits per heavy atom. The summed E-state index contributed by atoms with van der Waals surface area (Å²) in [6.07, 6.45) is 0.905. The highest BCUT2D eigenvalue weighted by Gasteiger charge is 2.52. The van der Waals surface area contributed by atoms with E-state index in [0.29, 0.717) is 12.4 Å². The summed E-state index contributed by atoms with van der Waals surface area (Å²) in [6.45, 7) is 7.17. The number of nitrogens with zero attached hydrogens (tertiary/aromatic N) is 6. The third-order valence-electron chi connectivity index (χ3n) is 6.25. The van der Waals surface area contributed by atoms with Gasteiger partial charge in [-0.2, -0.15) is 0 Å². The number of aliphatic imine (C=N–C) groups is 1. The van der Waals surface area contributed by atoms with Crippen LogP contribution in [0.4, 0.5) is 10.5 Å². The van der Waals surface area contributed by atoms with Crippen molar-refractivity contribution in [3.05, 3.63) is 24.3 Å². The van der Waals surface area contributed by atoms with E-state index >= 15 is 0 Å². The Bertz CT molecular complexity index is 918. The first-order chi connectivity index (χ1) is 14.9. The highest BCUT2D eigenvalue weighted by molar-refractivity contribution is 6.23. The number of amidine groups is 2. The molecule has 0 saturated carbocycles. The summed E-state index contributed by atoms with van der Waals surface area (Å²) in [5, 5.41) is 0. The minimum absolute atomic E-state index is 0.199. The Balaban J connectivity index is 1.46. The number of likely N-dealkylation sites (N-methyl/N-ethyl adjacent to an activating group) is 2. The van der Waals surface area contributed by atoms with Crippen LogP contribution in [0.3, 0.4) is 0 Å². The molecule has 4 rings (SSSR count). The number of imide groups is 1. The minimum atomic E-state index is -0.497. The Hall–Kier alpha value is -2.94. The van der Waals surface area contributed by atoms with Crippen LogP contribution in [0.2, 0.25) is 0 Å². The number of urea groups is 1. The third kappa shape index (κ3) is 3.89. The van der Waals surface area contributed by atoms with Gasteiger partial charge in [-0.15, -0.1) is 0 Å². The number of carbonyl (C=O) groups excluding carboxylic acids is 2. The first kappa shape index (κ1) is 21.3. The average Bonchev–Trinajstić information content (AvgIpc) is 3.15. The number of piperazine rings is 1. The zero-order chi connectivity index (χ0) is 22.1. The standard InChI is InChI=1S/C22H31N6O3/c1-5-10-28-18(23-20-19(28)21(29)25(3)22(30)24(20)2)15-26-11-13-27(14-12-26)16-6-8-17(31-4)9-7-16/h6-9,19H,5,10-15H2,1-4H3/q+1. The lowest BCUT2D eigenvalue weighted by molar-refractivity contribution is -0.536. The average molecular weight is 428 g/mol. The van der Waals surface area contributed by atoms with Crippen LogP contribution in [-0.4, -0.2) is 109 Å². The summed E-state index contributed by atoms with van der Waals surface area (Å²) in [5.41, 5.74) is 1.20. The highest BCUT2D eigenvalue weighted by Crippen LogP contribution is 2.22. The molecule has 9 nitrogen and oxygen atoms in total. The molecule has 0 spiro atoms. The predicted octanol–water partition coefficient (Wildman–Crippen LogP) is 0.943. The molecule has 31 heavy (non-hydrogen) atoms. The molecule has 0 aromatic heterocycles. The molecule has 166 valence electrons. The molecule has 2 saturated heterocycles. The quantitative estimate of drug-likeness (QED) is 0.632. The molecule has 0 aliphatic carbocycles. The molecular weight excluding hydrogens is 396 g/mol. The van der Waals surface area contributed by atoms with Crippen LogP contribution < -0.4 is 9.64 Å². The van der Waals surface area contributed by atoms with E-state index in [4.69, 9.17) is 9.73 Å². The van der Waals surface area contributed by atoms with Gasteiger partial charge in [0.05, 0.1) is 13.7 Å². The number of anilines is 1. The summed E-state index contributed by atoms with van der Waals surface area (Å²) >= 11 is 0. The van der Waals surface area contributed by atoms with Gasteiger partial charge in [0.15, 0.2) is 0 Å². The van der Waals surface area contributed by atoms with E-state index in [-0.39, 0.29) is 11.9 Å². The largest absolute Gasteiger partial charge is 0.497 e. The maximum atomic E-state index is 12.8. The van der Waals surface area contributed by atoms with Crippen molar-refractivity contribution in [1.29, 1.82) is 0 Å². The second kappa shape index (κ2) is 8.66. The molecule has 0 radical (unpaired) electrons. The predicted molar refractivity (Wildman–Crippen MR) is 119 cm³/mol. The molecule has 1 aromatic carbocycles. The fourth-order valence-electron chi connectivity index (χ4n) is 4.43. The van der Waals surface area contributed by atoms with Crippen molar-refractivity contribution in [2.45, 2.75) is 19.4 Å². The Kier molecular flexibility index (Phi) is 5.95. The SMILES string of the molecule is CCC[N+]1=C(CN2CCN(c3ccc(OC)cc3)CC2)N=C2C1C(=O)N(C)C(=O)N2C. The number of carbonyl (C=O) groups is 2. The van der Waals surface area contributed by atoms with E-state index in [1.54, 1.807) is 21.2 Å². The lowest BCUT2D eigenvalue weighted by atomic mass is 10.1. The number of ether oxygens (including phenoxy) is 1. The van der Waals surface area contributed by atoms with Gasteiger partial charge in [0.2, 0.25) is 0 Å². The van der Waals surface area contributed by atoms with Crippen LogP contribution in [0.1, 0.15) is 13.3 Å². The molecule has 0 bridgehead atoms. The van der Waals surface area contributed by atoms with Crippen molar-refractivity contribution in [3.63, 3.8) is 0 Å². The molecule has 1 aromatic rings. The van der Waals surface area contributed by atoms with E-state index in [0.717, 1.165) is 50.7 Å². The molecule has 1 unspecified atom stereocenters. The van der Waals surface area contributed by atoms with Crippen LogP contribution in [-0.2, 0) is 4.79 Å². The smallest absolute Gasteiger partial charge is 0.333 e. The van der Waals surface area contributed by atoms with Gasteiger partial charge in [-0.05, 0) is 35.7 Å². The van der Waals surface area contributed by atoms with Gasteiger partial charge >= 0.3 is 11.9 Å². The van der Waals surface area contributed by atoms with E-state index in [1.807, 2.05) is 12.1 Å². The normalized spacial score (nSPS) is 22.3. The summed E-state index contributed by atoms with van der Waals surface area (Å²) in [4.78, 5) is 37.4. The molecule has 0 N–H and O–H groups in total. The molecule has 3 aliphatic heterocycles. The van der Waals surface area contributed by atoms with Crippen molar-refractivity contribution in [1.82, 2.24) is 14.7 Å². The number of fused-ring (bicyclic) bond motifs is 1. The third-order valence-corrected chi connectivity index (χ3v) is 6.25. The van der Waals surface area contributed by atoms with E-state index in [2.05, 4.69) is 33.4 Å².